The molecule has 0 bridgehead atoms. The molecular formula is C46H58N8O11S. The molecule has 20 heteroatoms. The number of H-pyrrole nitrogens is 1. The Morgan fingerprint density at radius 2 is 1.20 bits per heavy atom. The number of carbonyl (C=O) groups excluding carboxylic acids is 6. The van der Waals surface area contributed by atoms with Crippen LogP contribution < -0.4 is 37.6 Å². The van der Waals surface area contributed by atoms with Crippen LogP contribution in [0, 0.1) is 5.92 Å². The number of nitrogens with one attached hydrogen (secondary N) is 7. The van der Waals surface area contributed by atoms with Gasteiger partial charge in [0.1, 0.15) is 36.0 Å². The van der Waals surface area contributed by atoms with Crippen molar-refractivity contribution < 1.29 is 53.7 Å². The zero-order valence-electron chi connectivity index (χ0n) is 36.9. The highest BCUT2D eigenvalue weighted by atomic mass is 32.2. The van der Waals surface area contributed by atoms with Crippen LogP contribution in [0.15, 0.2) is 85.1 Å². The predicted molar refractivity (Wildman–Crippen MR) is 247 cm³/mol. The van der Waals surface area contributed by atoms with E-state index in [1.807, 2.05) is 32.0 Å². The summed E-state index contributed by atoms with van der Waals surface area (Å²) in [6, 6.07) is 13.8. The number of carbonyl (C=O) groups is 8. The molecule has 19 nitrogen and oxygen atoms in total. The molecule has 66 heavy (non-hydrogen) atoms. The summed E-state index contributed by atoms with van der Waals surface area (Å²) >= 11 is 1.42. The molecule has 4 rings (SSSR count). The monoisotopic (exact) mass is 930 g/mol. The molecule has 0 saturated heterocycles. The number of para-hydroxylation sites is 1. The van der Waals surface area contributed by atoms with Crippen molar-refractivity contribution in [2.45, 2.75) is 88.6 Å². The summed E-state index contributed by atoms with van der Waals surface area (Å²) in [5.41, 5.74) is 8.33. The first kappa shape index (κ1) is 51.7. The minimum atomic E-state index is -1.51. The number of aromatic nitrogens is 1. The van der Waals surface area contributed by atoms with Gasteiger partial charge in [0.25, 0.3) is 0 Å². The Hall–Kier alpha value is -6.93. The van der Waals surface area contributed by atoms with Gasteiger partial charge in [-0.3, -0.25) is 33.6 Å². The maximum Gasteiger partial charge on any atom is 0.326 e. The van der Waals surface area contributed by atoms with Crippen LogP contribution in [-0.4, -0.2) is 122 Å². The summed E-state index contributed by atoms with van der Waals surface area (Å²) in [4.78, 5) is 109. The topological polar surface area (TPSA) is 311 Å². The van der Waals surface area contributed by atoms with Gasteiger partial charge in [-0.2, -0.15) is 11.8 Å². The first-order valence-corrected chi connectivity index (χ1v) is 22.7. The Morgan fingerprint density at radius 1 is 0.652 bits per heavy atom. The van der Waals surface area contributed by atoms with Crippen molar-refractivity contribution in [3.05, 3.63) is 102 Å². The van der Waals surface area contributed by atoms with E-state index in [0.717, 1.165) is 10.9 Å². The standard InChI is InChI=1S/C46H58N8O11S/c1-26(2)19-35(43(61)51-34(46(64)65)17-18-66-3)50-39(56)25-49-42(60)38(22-29-24-48-33-12-8-7-11-31(29)33)54-45(63)37(20-27-9-5-4-6-10-27)53-44(62)36(21-28-13-15-30(55)16-14-28)52-41(59)32(47)23-40(57)58/h4-16,24,26,32,34-38,48,55H,17-23,25,47H2,1-3H3,(H,49,60)(H,50,56)(H,51,61)(H,52,59)(H,53,62)(H,54,63)(H,57,58)(H,64,65)/t32-,34-,35-,36-,37-,38+/m0/s1. The Kier molecular flexibility index (Phi) is 20.0. The average Bonchev–Trinajstić information content (AvgIpc) is 3.68. The molecule has 0 saturated carbocycles. The summed E-state index contributed by atoms with van der Waals surface area (Å²) in [5, 5.41) is 45.0. The molecule has 12 N–H and O–H groups in total. The van der Waals surface area contributed by atoms with Gasteiger partial charge in [-0.15, -0.1) is 0 Å². The average molecular weight is 931 g/mol. The minimum Gasteiger partial charge on any atom is -0.508 e. The smallest absolute Gasteiger partial charge is 0.326 e. The lowest BCUT2D eigenvalue weighted by Gasteiger charge is -2.26. The van der Waals surface area contributed by atoms with Crippen molar-refractivity contribution in [2.75, 3.05) is 18.6 Å². The largest absolute Gasteiger partial charge is 0.508 e. The number of benzene rings is 3. The zero-order chi connectivity index (χ0) is 48.3. The number of amides is 6. The highest BCUT2D eigenvalue weighted by Gasteiger charge is 2.33. The lowest BCUT2D eigenvalue weighted by molar-refractivity contribution is -0.142. The third-order valence-corrected chi connectivity index (χ3v) is 11.0. The fraction of sp³-hybridized carbons (Fsp3) is 0.391. The van der Waals surface area contributed by atoms with Crippen molar-refractivity contribution >= 4 is 70.0 Å². The number of rotatable bonds is 26. The highest BCUT2D eigenvalue weighted by molar-refractivity contribution is 7.98. The first-order valence-electron chi connectivity index (χ1n) is 21.3. The predicted octanol–water partition coefficient (Wildman–Crippen LogP) is 1.13. The summed E-state index contributed by atoms with van der Waals surface area (Å²) in [5.74, 6) is -7.04. The van der Waals surface area contributed by atoms with E-state index in [9.17, 15) is 53.7 Å². The number of carboxylic acids is 2. The van der Waals surface area contributed by atoms with Gasteiger partial charge in [-0.1, -0.05) is 74.5 Å². The summed E-state index contributed by atoms with van der Waals surface area (Å²) in [7, 11) is 0. The number of phenolic OH excluding ortho intramolecular Hbond substituents is 1. The number of nitrogens with two attached hydrogens (primary N) is 1. The van der Waals surface area contributed by atoms with Gasteiger partial charge < -0.3 is 57.9 Å². The number of fused-ring (bicyclic) bond motifs is 1. The Balaban J connectivity index is 1.60. The van der Waals surface area contributed by atoms with Crippen LogP contribution in [0.2, 0.25) is 0 Å². The number of carboxylic acid groups (broad SMARTS) is 2. The fourth-order valence-electron chi connectivity index (χ4n) is 6.97. The molecule has 0 unspecified atom stereocenters. The van der Waals surface area contributed by atoms with Gasteiger partial charge in [-0.25, -0.2) is 4.79 Å². The molecule has 0 aliphatic rings. The van der Waals surface area contributed by atoms with E-state index in [1.165, 1.54) is 36.0 Å². The second-order valence-corrected chi connectivity index (χ2v) is 17.1. The maximum atomic E-state index is 14.4. The van der Waals surface area contributed by atoms with Crippen LogP contribution in [-0.2, 0) is 57.6 Å². The van der Waals surface area contributed by atoms with Crippen molar-refractivity contribution in [1.82, 2.24) is 36.9 Å². The molecule has 354 valence electrons. The van der Waals surface area contributed by atoms with Crippen LogP contribution in [0.25, 0.3) is 10.9 Å². The number of hydrogen-bond acceptors (Lipinski definition) is 11. The number of aliphatic carboxylic acids is 2. The maximum absolute atomic E-state index is 14.4. The molecule has 0 aliphatic carbocycles. The van der Waals surface area contributed by atoms with Gasteiger partial charge in [0, 0.05) is 36.4 Å². The highest BCUT2D eigenvalue weighted by Crippen LogP contribution is 2.20. The van der Waals surface area contributed by atoms with Gasteiger partial charge in [0.2, 0.25) is 35.4 Å². The van der Waals surface area contributed by atoms with E-state index in [1.54, 1.807) is 48.9 Å². The van der Waals surface area contributed by atoms with E-state index in [0.29, 0.717) is 22.4 Å². The van der Waals surface area contributed by atoms with Crippen LogP contribution in [0.5, 0.6) is 5.75 Å². The first-order chi connectivity index (χ1) is 31.4. The SMILES string of the molecule is CSCC[C@H](NC(=O)[C@H](CC(C)C)NC(=O)CNC(=O)[C@@H](Cc1c[nH]c2ccccc12)NC(=O)[C@H](Cc1ccccc1)NC(=O)[C@H](Cc1ccc(O)cc1)NC(=O)[C@@H](N)CC(=O)O)C(=O)O. The van der Waals surface area contributed by atoms with Crippen LogP contribution in [0.4, 0.5) is 0 Å². The normalized spacial score (nSPS) is 13.8. The molecule has 0 aliphatic heterocycles. The third kappa shape index (κ3) is 16.6. The quantitative estimate of drug-likeness (QED) is 0.0422. The number of aromatic hydroxyl groups is 1. The molecule has 3 aromatic carbocycles. The molecule has 1 aromatic heterocycles. The minimum absolute atomic E-state index is 0.0512. The van der Waals surface area contributed by atoms with Crippen molar-refractivity contribution in [1.29, 1.82) is 0 Å². The Bertz CT molecular complexity index is 2310. The lowest BCUT2D eigenvalue weighted by atomic mass is 10.0. The molecule has 0 radical (unpaired) electrons. The van der Waals surface area contributed by atoms with E-state index in [2.05, 4.69) is 36.9 Å². The molecular weight excluding hydrogens is 873 g/mol. The molecule has 1 heterocycles. The number of aromatic amines is 1. The Labute approximate surface area is 385 Å². The summed E-state index contributed by atoms with van der Waals surface area (Å²) in [6.07, 6.45) is 2.78. The van der Waals surface area contributed by atoms with Crippen molar-refractivity contribution in [3.8, 4) is 5.75 Å². The molecule has 6 amide bonds. The summed E-state index contributed by atoms with van der Waals surface area (Å²) in [6.45, 7) is 3.03. The fourth-order valence-corrected chi connectivity index (χ4v) is 7.45. The zero-order valence-corrected chi connectivity index (χ0v) is 37.7. The molecule has 4 aromatic rings. The van der Waals surface area contributed by atoms with E-state index in [4.69, 9.17) is 5.73 Å². The lowest BCUT2D eigenvalue weighted by Crippen LogP contribution is -2.59. The van der Waals surface area contributed by atoms with E-state index in [-0.39, 0.29) is 43.8 Å². The number of thioether (sulfide) groups is 1. The number of hydrogen-bond donors (Lipinski definition) is 11. The molecule has 0 spiro atoms. The van der Waals surface area contributed by atoms with Crippen molar-refractivity contribution in [2.24, 2.45) is 11.7 Å². The van der Waals surface area contributed by atoms with Gasteiger partial charge >= 0.3 is 11.9 Å². The van der Waals surface area contributed by atoms with Gasteiger partial charge in [-0.05, 0) is 65.7 Å². The van der Waals surface area contributed by atoms with Gasteiger partial charge in [0.05, 0.1) is 19.0 Å². The summed E-state index contributed by atoms with van der Waals surface area (Å²) < 4.78 is 0. The second kappa shape index (κ2) is 25.5. The second-order valence-electron chi connectivity index (χ2n) is 16.2. The molecule has 0 fully saturated rings. The van der Waals surface area contributed by atoms with Crippen LogP contribution in [0.3, 0.4) is 0 Å². The van der Waals surface area contributed by atoms with E-state index >= 15 is 0 Å². The van der Waals surface area contributed by atoms with Gasteiger partial charge in [0.15, 0.2) is 0 Å². The van der Waals surface area contributed by atoms with Crippen LogP contribution >= 0.6 is 11.8 Å². The van der Waals surface area contributed by atoms with Crippen LogP contribution in [0.1, 0.15) is 49.8 Å². The Morgan fingerprint density at radius 3 is 1.79 bits per heavy atom. The number of phenols is 1. The molecule has 6 atom stereocenters. The third-order valence-electron chi connectivity index (χ3n) is 10.4. The van der Waals surface area contributed by atoms with E-state index < -0.39 is 96.6 Å². The van der Waals surface area contributed by atoms with Crippen molar-refractivity contribution in [3.63, 3.8) is 0 Å².